The van der Waals surface area contributed by atoms with Gasteiger partial charge in [-0.05, 0) is 30.7 Å². The van der Waals surface area contributed by atoms with E-state index in [2.05, 4.69) is 5.32 Å². The monoisotopic (exact) mass is 238 g/mol. The lowest BCUT2D eigenvalue weighted by Gasteiger charge is -2.27. The van der Waals surface area contributed by atoms with Gasteiger partial charge in [0.1, 0.15) is 5.82 Å². The molecule has 0 radical (unpaired) electrons. The molecule has 1 fully saturated rings. The average molecular weight is 238 g/mol. The molecule has 1 amide bonds. The number of carbonyl (C=O) groups is 1. The lowest BCUT2D eigenvalue weighted by atomic mass is 10.1. The minimum atomic E-state index is -0.928. The van der Waals surface area contributed by atoms with Gasteiger partial charge in [0.15, 0.2) is 0 Å². The molecule has 1 aliphatic heterocycles. The molecule has 0 bridgehead atoms. The SMILES string of the molecule is O=C(O)N1CCCNC[C@@H]1c1ccc(F)cc1. The summed E-state index contributed by atoms with van der Waals surface area (Å²) in [5, 5.41) is 12.4. The van der Waals surface area contributed by atoms with Crippen LogP contribution < -0.4 is 5.32 Å². The average Bonchev–Trinajstić information content (AvgIpc) is 2.55. The molecular weight excluding hydrogens is 223 g/mol. The molecule has 0 spiro atoms. The number of hydrogen-bond donors (Lipinski definition) is 2. The maximum absolute atomic E-state index is 12.8. The van der Waals surface area contributed by atoms with Gasteiger partial charge in [-0.3, -0.25) is 4.90 Å². The fourth-order valence-corrected chi connectivity index (χ4v) is 2.09. The number of rotatable bonds is 1. The van der Waals surface area contributed by atoms with Crippen molar-refractivity contribution in [1.29, 1.82) is 0 Å². The third kappa shape index (κ3) is 2.74. The number of nitrogens with one attached hydrogen (secondary N) is 1. The van der Waals surface area contributed by atoms with Gasteiger partial charge >= 0.3 is 6.09 Å². The third-order valence-electron chi connectivity index (χ3n) is 2.97. The van der Waals surface area contributed by atoms with Crippen molar-refractivity contribution in [1.82, 2.24) is 10.2 Å². The van der Waals surface area contributed by atoms with E-state index in [1.165, 1.54) is 17.0 Å². The van der Waals surface area contributed by atoms with Crippen molar-refractivity contribution < 1.29 is 14.3 Å². The maximum Gasteiger partial charge on any atom is 0.407 e. The maximum atomic E-state index is 12.8. The number of carboxylic acid groups (broad SMARTS) is 1. The summed E-state index contributed by atoms with van der Waals surface area (Å²) in [4.78, 5) is 12.6. The molecule has 1 saturated heterocycles. The Kier molecular flexibility index (Phi) is 3.58. The predicted molar refractivity (Wildman–Crippen MR) is 61.4 cm³/mol. The molecule has 0 saturated carbocycles. The van der Waals surface area contributed by atoms with E-state index < -0.39 is 6.09 Å². The largest absolute Gasteiger partial charge is 0.465 e. The number of benzene rings is 1. The predicted octanol–water partition coefficient (Wildman–Crippen LogP) is 1.84. The van der Waals surface area contributed by atoms with Crippen LogP contribution >= 0.6 is 0 Å². The van der Waals surface area contributed by atoms with Crippen molar-refractivity contribution in [3.63, 3.8) is 0 Å². The Labute approximate surface area is 99.0 Å². The molecule has 1 atom stereocenters. The molecule has 92 valence electrons. The molecule has 17 heavy (non-hydrogen) atoms. The Morgan fingerprint density at radius 1 is 1.41 bits per heavy atom. The molecule has 5 heteroatoms. The first-order valence-electron chi connectivity index (χ1n) is 5.64. The number of amides is 1. The highest BCUT2D eigenvalue weighted by atomic mass is 19.1. The van der Waals surface area contributed by atoms with Crippen LogP contribution in [0.15, 0.2) is 24.3 Å². The number of nitrogens with zero attached hydrogens (tertiary/aromatic N) is 1. The Balaban J connectivity index is 2.25. The van der Waals surface area contributed by atoms with E-state index in [-0.39, 0.29) is 11.9 Å². The third-order valence-corrected chi connectivity index (χ3v) is 2.97. The zero-order chi connectivity index (χ0) is 12.3. The Bertz CT molecular complexity index is 394. The van der Waals surface area contributed by atoms with Crippen LogP contribution in [0, 0.1) is 5.82 Å². The van der Waals surface area contributed by atoms with Crippen LogP contribution in [-0.2, 0) is 0 Å². The highest BCUT2D eigenvalue weighted by molar-refractivity contribution is 5.66. The Morgan fingerprint density at radius 3 is 2.76 bits per heavy atom. The van der Waals surface area contributed by atoms with Crippen LogP contribution in [0.25, 0.3) is 0 Å². The van der Waals surface area contributed by atoms with Crippen LogP contribution in [0.1, 0.15) is 18.0 Å². The van der Waals surface area contributed by atoms with Crippen LogP contribution in [-0.4, -0.2) is 35.7 Å². The van der Waals surface area contributed by atoms with Crippen molar-refractivity contribution in [2.45, 2.75) is 12.5 Å². The van der Waals surface area contributed by atoms with E-state index in [9.17, 15) is 14.3 Å². The topological polar surface area (TPSA) is 52.6 Å². The van der Waals surface area contributed by atoms with E-state index in [1.807, 2.05) is 0 Å². The van der Waals surface area contributed by atoms with E-state index in [0.717, 1.165) is 18.5 Å². The fraction of sp³-hybridized carbons (Fsp3) is 0.417. The van der Waals surface area contributed by atoms with Crippen LogP contribution in [0.5, 0.6) is 0 Å². The molecule has 1 aromatic rings. The molecule has 0 aliphatic carbocycles. The molecule has 2 N–H and O–H groups in total. The lowest BCUT2D eigenvalue weighted by Crippen LogP contribution is -2.36. The summed E-state index contributed by atoms with van der Waals surface area (Å²) in [6.07, 6.45) is -0.132. The van der Waals surface area contributed by atoms with Gasteiger partial charge in [-0.25, -0.2) is 9.18 Å². The first-order valence-corrected chi connectivity index (χ1v) is 5.64. The van der Waals surface area contributed by atoms with Gasteiger partial charge in [-0.1, -0.05) is 12.1 Å². The Hall–Kier alpha value is -1.62. The van der Waals surface area contributed by atoms with Gasteiger partial charge < -0.3 is 10.4 Å². The summed E-state index contributed by atoms with van der Waals surface area (Å²) in [6.45, 7) is 1.88. The number of halogens is 1. The second-order valence-corrected chi connectivity index (χ2v) is 4.10. The Morgan fingerprint density at radius 2 is 2.12 bits per heavy atom. The molecule has 4 nitrogen and oxygen atoms in total. The highest BCUT2D eigenvalue weighted by Gasteiger charge is 2.26. The highest BCUT2D eigenvalue weighted by Crippen LogP contribution is 2.22. The van der Waals surface area contributed by atoms with E-state index >= 15 is 0 Å². The quantitative estimate of drug-likeness (QED) is 0.785. The van der Waals surface area contributed by atoms with Crippen molar-refractivity contribution in [2.75, 3.05) is 19.6 Å². The van der Waals surface area contributed by atoms with E-state index in [4.69, 9.17) is 0 Å². The van der Waals surface area contributed by atoms with Crippen molar-refractivity contribution in [3.8, 4) is 0 Å². The summed E-state index contributed by atoms with van der Waals surface area (Å²) in [7, 11) is 0. The summed E-state index contributed by atoms with van der Waals surface area (Å²) >= 11 is 0. The van der Waals surface area contributed by atoms with Crippen LogP contribution in [0.3, 0.4) is 0 Å². The minimum Gasteiger partial charge on any atom is -0.465 e. The first-order chi connectivity index (χ1) is 8.18. The second-order valence-electron chi connectivity index (χ2n) is 4.10. The standard InChI is InChI=1S/C12H15FN2O2/c13-10-4-2-9(3-5-10)11-8-14-6-1-7-15(11)12(16)17/h2-5,11,14H,1,6-8H2,(H,16,17)/t11-/m1/s1. The van der Waals surface area contributed by atoms with E-state index in [1.54, 1.807) is 12.1 Å². The molecule has 1 aromatic carbocycles. The summed E-state index contributed by atoms with van der Waals surface area (Å²) in [6, 6.07) is 5.77. The van der Waals surface area contributed by atoms with Crippen LogP contribution in [0.4, 0.5) is 9.18 Å². The zero-order valence-corrected chi connectivity index (χ0v) is 9.40. The van der Waals surface area contributed by atoms with Gasteiger partial charge in [-0.2, -0.15) is 0 Å². The van der Waals surface area contributed by atoms with Crippen molar-refractivity contribution >= 4 is 6.09 Å². The molecular formula is C12H15FN2O2. The molecule has 1 heterocycles. The van der Waals surface area contributed by atoms with Crippen molar-refractivity contribution in [2.24, 2.45) is 0 Å². The normalized spacial score (nSPS) is 21.0. The first kappa shape index (κ1) is 11.9. The van der Waals surface area contributed by atoms with Crippen LogP contribution in [0.2, 0.25) is 0 Å². The zero-order valence-electron chi connectivity index (χ0n) is 9.40. The molecule has 0 unspecified atom stereocenters. The van der Waals surface area contributed by atoms with Crippen molar-refractivity contribution in [3.05, 3.63) is 35.6 Å². The fourth-order valence-electron chi connectivity index (χ4n) is 2.09. The molecule has 1 aliphatic rings. The summed E-state index contributed by atoms with van der Waals surface area (Å²) in [5.41, 5.74) is 0.822. The van der Waals surface area contributed by atoms with Gasteiger partial charge in [0, 0.05) is 13.1 Å². The summed E-state index contributed by atoms with van der Waals surface area (Å²) in [5.74, 6) is -0.308. The lowest BCUT2D eigenvalue weighted by molar-refractivity contribution is 0.128. The molecule has 2 rings (SSSR count). The van der Waals surface area contributed by atoms with Gasteiger partial charge in [0.25, 0.3) is 0 Å². The molecule has 0 aromatic heterocycles. The minimum absolute atomic E-state index is 0.240. The summed E-state index contributed by atoms with van der Waals surface area (Å²) < 4.78 is 12.8. The smallest absolute Gasteiger partial charge is 0.407 e. The van der Waals surface area contributed by atoms with E-state index in [0.29, 0.717) is 13.1 Å². The van der Waals surface area contributed by atoms with Gasteiger partial charge in [0.05, 0.1) is 6.04 Å². The number of hydrogen-bond acceptors (Lipinski definition) is 2. The van der Waals surface area contributed by atoms with Gasteiger partial charge in [-0.15, -0.1) is 0 Å². The second kappa shape index (κ2) is 5.14. The van der Waals surface area contributed by atoms with Gasteiger partial charge in [0.2, 0.25) is 0 Å².